The summed E-state index contributed by atoms with van der Waals surface area (Å²) < 4.78 is 1.30. The summed E-state index contributed by atoms with van der Waals surface area (Å²) in [6.45, 7) is 1.70. The van der Waals surface area contributed by atoms with Crippen LogP contribution < -0.4 is 11.3 Å². The van der Waals surface area contributed by atoms with Crippen LogP contribution in [0.25, 0.3) is 5.82 Å². The Balaban J connectivity index is 2.82. The second-order valence-corrected chi connectivity index (χ2v) is 4.20. The minimum Gasteiger partial charge on any atom is -0.365 e. The maximum atomic E-state index is 12.3. The van der Waals surface area contributed by atoms with Crippen LogP contribution in [0.4, 0.5) is 0 Å². The highest BCUT2D eigenvalue weighted by molar-refractivity contribution is 5.92. The Morgan fingerprint density at radius 3 is 2.80 bits per heavy atom. The second kappa shape index (κ2) is 5.36. The van der Waals surface area contributed by atoms with Crippen LogP contribution in [0.2, 0.25) is 0 Å². The van der Waals surface area contributed by atoms with Crippen LogP contribution in [0.1, 0.15) is 21.6 Å². The van der Waals surface area contributed by atoms with Crippen molar-refractivity contribution in [3.63, 3.8) is 0 Å². The van der Waals surface area contributed by atoms with Gasteiger partial charge in [-0.05, 0) is 30.7 Å². The van der Waals surface area contributed by atoms with Crippen LogP contribution >= 0.6 is 0 Å². The summed E-state index contributed by atoms with van der Waals surface area (Å²) in [6.07, 6.45) is 1.63. The maximum absolute atomic E-state index is 12.3. The fourth-order valence-electron chi connectivity index (χ4n) is 1.96. The van der Waals surface area contributed by atoms with Gasteiger partial charge >= 0.3 is 0 Å². The summed E-state index contributed by atoms with van der Waals surface area (Å²) in [5.41, 5.74) is 5.69. The van der Waals surface area contributed by atoms with Gasteiger partial charge < -0.3 is 5.73 Å². The molecule has 0 saturated carbocycles. The average molecular weight is 268 g/mol. The van der Waals surface area contributed by atoms with E-state index >= 15 is 0 Å². The molecule has 0 aliphatic rings. The molecule has 0 aromatic carbocycles. The van der Waals surface area contributed by atoms with Gasteiger partial charge in [0.2, 0.25) is 0 Å². The van der Waals surface area contributed by atoms with E-state index in [1.165, 1.54) is 10.6 Å². The molecule has 0 aliphatic carbocycles. The monoisotopic (exact) mass is 268 g/mol. The zero-order valence-corrected chi connectivity index (χ0v) is 10.8. The zero-order chi connectivity index (χ0) is 14.7. The Kier molecular flexibility index (Phi) is 3.62. The molecule has 100 valence electrons. The van der Waals surface area contributed by atoms with Crippen molar-refractivity contribution in [3.8, 4) is 11.9 Å². The second-order valence-electron chi connectivity index (χ2n) is 4.20. The van der Waals surface area contributed by atoms with E-state index in [2.05, 4.69) is 4.98 Å². The molecule has 0 fully saturated rings. The summed E-state index contributed by atoms with van der Waals surface area (Å²) in [5, 5.41) is 8.84. The van der Waals surface area contributed by atoms with Crippen molar-refractivity contribution in [2.45, 2.75) is 13.3 Å². The van der Waals surface area contributed by atoms with E-state index in [0.29, 0.717) is 17.1 Å². The van der Waals surface area contributed by atoms with Crippen molar-refractivity contribution in [2.24, 2.45) is 5.73 Å². The summed E-state index contributed by atoms with van der Waals surface area (Å²) in [7, 11) is 0. The number of rotatable bonds is 3. The molecule has 6 heteroatoms. The quantitative estimate of drug-likeness (QED) is 0.885. The molecule has 2 aromatic rings. The van der Waals surface area contributed by atoms with Gasteiger partial charge in [0.15, 0.2) is 0 Å². The number of nitrogens with two attached hydrogens (primary N) is 1. The van der Waals surface area contributed by atoms with E-state index in [9.17, 15) is 9.59 Å². The summed E-state index contributed by atoms with van der Waals surface area (Å²) in [4.78, 5) is 27.8. The predicted molar refractivity (Wildman–Crippen MR) is 72.4 cm³/mol. The number of pyridine rings is 2. The number of hydrogen-bond acceptors (Lipinski definition) is 4. The first-order valence-corrected chi connectivity index (χ1v) is 5.90. The van der Waals surface area contributed by atoms with Crippen LogP contribution in [0, 0.1) is 18.3 Å². The maximum Gasteiger partial charge on any atom is 0.269 e. The number of nitriles is 1. The fourth-order valence-corrected chi connectivity index (χ4v) is 1.96. The summed E-state index contributed by atoms with van der Waals surface area (Å²) in [6, 6.07) is 8.48. The number of carbonyl (C=O) groups is 1. The number of amides is 1. The fraction of sp³-hybridized carbons (Fsp3) is 0.143. The number of nitrogens with zero attached hydrogens (tertiary/aromatic N) is 3. The largest absolute Gasteiger partial charge is 0.365 e. The van der Waals surface area contributed by atoms with Gasteiger partial charge in [-0.1, -0.05) is 6.07 Å². The molecule has 0 spiro atoms. The number of hydrogen-bond donors (Lipinski definition) is 1. The molecule has 2 heterocycles. The van der Waals surface area contributed by atoms with Crippen molar-refractivity contribution in [3.05, 3.63) is 57.6 Å². The van der Waals surface area contributed by atoms with E-state index in [1.807, 2.05) is 6.07 Å². The van der Waals surface area contributed by atoms with Gasteiger partial charge in [-0.15, -0.1) is 0 Å². The molecule has 0 unspecified atom stereocenters. The van der Waals surface area contributed by atoms with Crippen LogP contribution in [-0.4, -0.2) is 15.5 Å². The van der Waals surface area contributed by atoms with E-state index in [-0.39, 0.29) is 12.0 Å². The molecular weight excluding hydrogens is 256 g/mol. The molecule has 2 rings (SSSR count). The Labute approximate surface area is 115 Å². The van der Waals surface area contributed by atoms with Crippen LogP contribution in [0.3, 0.4) is 0 Å². The predicted octanol–water partition coefficient (Wildman–Crippen LogP) is 0.706. The number of primary amides is 1. The van der Waals surface area contributed by atoms with Crippen molar-refractivity contribution < 1.29 is 4.79 Å². The van der Waals surface area contributed by atoms with Crippen molar-refractivity contribution in [1.29, 1.82) is 5.26 Å². The molecule has 2 N–H and O–H groups in total. The SMILES string of the molecule is Cc1c(CC#N)cc(C(N)=O)c(=O)n1-c1ccccn1. The van der Waals surface area contributed by atoms with Crippen LogP contribution in [-0.2, 0) is 6.42 Å². The Morgan fingerprint density at radius 1 is 1.50 bits per heavy atom. The lowest BCUT2D eigenvalue weighted by Crippen LogP contribution is -2.31. The molecule has 0 radical (unpaired) electrons. The highest BCUT2D eigenvalue weighted by Gasteiger charge is 2.16. The summed E-state index contributed by atoms with van der Waals surface area (Å²) in [5.74, 6) is -0.434. The van der Waals surface area contributed by atoms with E-state index in [4.69, 9.17) is 11.0 Å². The molecule has 0 atom stereocenters. The van der Waals surface area contributed by atoms with Gasteiger partial charge in [0.25, 0.3) is 11.5 Å². The standard InChI is InChI=1S/C14H12N4O2/c1-9-10(5-6-15)8-11(13(16)19)14(20)18(9)12-4-2-3-7-17-12/h2-4,7-8H,5H2,1H3,(H2,16,19). The molecular formula is C14H12N4O2. The molecule has 20 heavy (non-hydrogen) atoms. The van der Waals surface area contributed by atoms with Gasteiger partial charge in [0.1, 0.15) is 11.4 Å². The highest BCUT2D eigenvalue weighted by atomic mass is 16.2. The zero-order valence-electron chi connectivity index (χ0n) is 10.8. The molecule has 0 aliphatic heterocycles. The third-order valence-corrected chi connectivity index (χ3v) is 2.97. The van der Waals surface area contributed by atoms with Gasteiger partial charge in [-0.3, -0.25) is 14.2 Å². The first-order chi connectivity index (χ1) is 9.56. The number of aromatic nitrogens is 2. The third-order valence-electron chi connectivity index (χ3n) is 2.97. The molecule has 0 bridgehead atoms. The van der Waals surface area contributed by atoms with E-state index in [1.54, 1.807) is 31.3 Å². The van der Waals surface area contributed by atoms with Crippen molar-refractivity contribution in [2.75, 3.05) is 0 Å². The minimum absolute atomic E-state index is 0.0826. The molecule has 2 aromatic heterocycles. The van der Waals surface area contributed by atoms with Gasteiger partial charge in [-0.2, -0.15) is 5.26 Å². The Hall–Kier alpha value is -2.94. The smallest absolute Gasteiger partial charge is 0.269 e. The lowest BCUT2D eigenvalue weighted by Gasteiger charge is -2.13. The average Bonchev–Trinajstić information content (AvgIpc) is 2.43. The van der Waals surface area contributed by atoms with Gasteiger partial charge in [-0.25, -0.2) is 4.98 Å². The van der Waals surface area contributed by atoms with E-state index in [0.717, 1.165) is 0 Å². The normalized spacial score (nSPS) is 10.0. The van der Waals surface area contributed by atoms with Crippen molar-refractivity contribution >= 4 is 5.91 Å². The van der Waals surface area contributed by atoms with Crippen LogP contribution in [0.5, 0.6) is 0 Å². The Morgan fingerprint density at radius 2 is 2.25 bits per heavy atom. The highest BCUT2D eigenvalue weighted by Crippen LogP contribution is 2.12. The van der Waals surface area contributed by atoms with Gasteiger partial charge in [0.05, 0.1) is 12.5 Å². The topological polar surface area (TPSA) is 102 Å². The lowest BCUT2D eigenvalue weighted by molar-refractivity contribution is 0.0998. The first kappa shape index (κ1) is 13.5. The molecule has 6 nitrogen and oxygen atoms in total. The van der Waals surface area contributed by atoms with Crippen molar-refractivity contribution in [1.82, 2.24) is 9.55 Å². The lowest BCUT2D eigenvalue weighted by atomic mass is 10.1. The first-order valence-electron chi connectivity index (χ1n) is 5.90. The molecule has 1 amide bonds. The van der Waals surface area contributed by atoms with Crippen LogP contribution in [0.15, 0.2) is 35.3 Å². The minimum atomic E-state index is -0.820. The van der Waals surface area contributed by atoms with Gasteiger partial charge in [0, 0.05) is 11.9 Å². The summed E-state index contributed by atoms with van der Waals surface area (Å²) >= 11 is 0. The van der Waals surface area contributed by atoms with E-state index < -0.39 is 11.5 Å². The molecule has 0 saturated heterocycles. The third kappa shape index (κ3) is 2.29. The number of carbonyl (C=O) groups excluding carboxylic acids is 1. The Bertz CT molecular complexity index is 757.